The van der Waals surface area contributed by atoms with Crippen LogP contribution < -0.4 is 20.9 Å². The van der Waals surface area contributed by atoms with Gasteiger partial charge in [0.1, 0.15) is 23.1 Å². The van der Waals surface area contributed by atoms with E-state index < -0.39 is 52.9 Å². The zero-order valence-corrected chi connectivity index (χ0v) is 32.5. The Kier molecular flexibility index (Phi) is 11.4. The highest BCUT2D eigenvalue weighted by Crippen LogP contribution is 2.38. The summed E-state index contributed by atoms with van der Waals surface area (Å²) in [6.45, 7) is 7.37. The van der Waals surface area contributed by atoms with E-state index in [9.17, 15) is 32.3 Å². The number of halogens is 4. The molecular formula is C41H42F4N10O4. The predicted molar refractivity (Wildman–Crippen MR) is 208 cm³/mol. The van der Waals surface area contributed by atoms with Crippen molar-refractivity contribution >= 4 is 29.3 Å². The number of aromatic nitrogens is 5. The molecule has 0 saturated carbocycles. The number of nitrogens with one attached hydrogen (secondary N) is 4. The molecule has 0 aliphatic carbocycles. The average Bonchev–Trinajstić information content (AvgIpc) is 3.90. The molecule has 2 saturated heterocycles. The maximum atomic E-state index is 15.1. The predicted octanol–water partition coefficient (Wildman–Crippen LogP) is 4.73. The van der Waals surface area contributed by atoms with Crippen LogP contribution in [0.2, 0.25) is 0 Å². The van der Waals surface area contributed by atoms with Gasteiger partial charge in [-0.1, -0.05) is 30.3 Å². The lowest BCUT2D eigenvalue weighted by Gasteiger charge is -2.36. The van der Waals surface area contributed by atoms with E-state index in [2.05, 4.69) is 70.3 Å². The van der Waals surface area contributed by atoms with E-state index in [-0.39, 0.29) is 36.3 Å². The largest absolute Gasteiger partial charge is 0.401 e. The molecule has 18 heteroatoms. The normalized spacial score (nSPS) is 16.5. The van der Waals surface area contributed by atoms with Crippen molar-refractivity contribution in [1.82, 2.24) is 45.8 Å². The van der Waals surface area contributed by atoms with Gasteiger partial charge in [0.2, 0.25) is 11.8 Å². The Morgan fingerprint density at radius 1 is 0.932 bits per heavy atom. The number of carbonyl (C=O) groups excluding carboxylic acids is 4. The number of amides is 4. The third-order valence-corrected chi connectivity index (χ3v) is 10.7. The van der Waals surface area contributed by atoms with Crippen LogP contribution in [0.25, 0.3) is 16.8 Å². The summed E-state index contributed by atoms with van der Waals surface area (Å²) in [6, 6.07) is 17.8. The summed E-state index contributed by atoms with van der Waals surface area (Å²) in [7, 11) is 0. The van der Waals surface area contributed by atoms with E-state index in [1.54, 1.807) is 16.9 Å². The molecule has 2 aliphatic rings. The molecule has 2 fully saturated rings. The summed E-state index contributed by atoms with van der Waals surface area (Å²) in [5.74, 6) is -3.18. The number of nitrogens with zero attached hydrogens (tertiary/aromatic N) is 6. The van der Waals surface area contributed by atoms with Crippen molar-refractivity contribution in [3.8, 4) is 16.8 Å². The fourth-order valence-corrected chi connectivity index (χ4v) is 6.89. The summed E-state index contributed by atoms with van der Waals surface area (Å²) in [6.07, 6.45) is -1.28. The second-order valence-corrected chi connectivity index (χ2v) is 15.2. The van der Waals surface area contributed by atoms with Gasteiger partial charge in [-0.15, -0.1) is 0 Å². The summed E-state index contributed by atoms with van der Waals surface area (Å²) >= 11 is 0. The van der Waals surface area contributed by atoms with E-state index in [0.29, 0.717) is 18.8 Å². The van der Waals surface area contributed by atoms with Crippen LogP contribution in [-0.2, 0) is 28.1 Å². The van der Waals surface area contributed by atoms with E-state index in [4.69, 9.17) is 0 Å². The number of piperidine rings is 1. The molecule has 0 spiro atoms. The molecule has 1 atom stereocenters. The third kappa shape index (κ3) is 9.01. The Morgan fingerprint density at radius 2 is 1.66 bits per heavy atom. The van der Waals surface area contributed by atoms with Crippen LogP contribution in [0.1, 0.15) is 70.2 Å². The molecule has 4 N–H and O–H groups in total. The first-order valence-electron chi connectivity index (χ1n) is 19.0. The first-order valence-corrected chi connectivity index (χ1v) is 19.0. The zero-order valence-electron chi connectivity index (χ0n) is 32.5. The number of piperazine rings is 1. The van der Waals surface area contributed by atoms with Crippen LogP contribution >= 0.6 is 0 Å². The van der Waals surface area contributed by atoms with Gasteiger partial charge in [-0.2, -0.15) is 23.4 Å². The smallest absolute Gasteiger partial charge is 0.369 e. The van der Waals surface area contributed by atoms with Gasteiger partial charge in [0.25, 0.3) is 11.8 Å². The number of H-pyrrole nitrogens is 1. The Hall–Kier alpha value is -6.43. The van der Waals surface area contributed by atoms with Crippen LogP contribution in [0, 0.1) is 12.7 Å². The molecule has 4 heterocycles. The van der Waals surface area contributed by atoms with Gasteiger partial charge in [-0.3, -0.25) is 34.5 Å². The number of benzene rings is 3. The minimum absolute atomic E-state index is 0.0933. The number of anilines is 1. The molecule has 308 valence electrons. The topological polar surface area (TPSA) is 170 Å². The van der Waals surface area contributed by atoms with E-state index in [1.807, 2.05) is 25.1 Å². The molecule has 0 unspecified atom stereocenters. The van der Waals surface area contributed by atoms with Gasteiger partial charge in [0.15, 0.2) is 5.82 Å². The SMILES string of the molecule is Cc1cc(-c2ccc(CN3CCN(c4ccc(C(=O)N[C@H]5CCC(=O)NC5=O)c(F)c4)CC3)cc2)ccc1-n1cc(C(=O)NCc2nc(C(C)(C)C(F)(F)F)n[nH]2)cn1. The highest BCUT2D eigenvalue weighted by Gasteiger charge is 2.51. The van der Waals surface area contributed by atoms with Crippen molar-refractivity contribution in [2.45, 2.75) is 64.3 Å². The molecule has 2 aliphatic heterocycles. The van der Waals surface area contributed by atoms with Crippen LogP contribution in [0.3, 0.4) is 0 Å². The van der Waals surface area contributed by atoms with Gasteiger partial charge in [0.05, 0.1) is 29.6 Å². The summed E-state index contributed by atoms with van der Waals surface area (Å²) < 4.78 is 56.7. The number of rotatable bonds is 11. The third-order valence-electron chi connectivity index (χ3n) is 10.7. The molecule has 2 aromatic heterocycles. The average molecular weight is 815 g/mol. The molecule has 14 nitrogen and oxygen atoms in total. The first-order chi connectivity index (χ1) is 28.0. The number of imide groups is 1. The summed E-state index contributed by atoms with van der Waals surface area (Å²) in [4.78, 5) is 57.2. The monoisotopic (exact) mass is 814 g/mol. The van der Waals surface area contributed by atoms with Gasteiger partial charge >= 0.3 is 6.18 Å². The number of carbonyl (C=O) groups is 4. The maximum Gasteiger partial charge on any atom is 0.401 e. The highest BCUT2D eigenvalue weighted by molar-refractivity contribution is 6.04. The minimum atomic E-state index is -4.54. The van der Waals surface area contributed by atoms with Crippen molar-refractivity contribution in [2.75, 3.05) is 31.1 Å². The second kappa shape index (κ2) is 16.4. The Bertz CT molecular complexity index is 2380. The molecular weight excluding hydrogens is 773 g/mol. The molecule has 3 aromatic carbocycles. The van der Waals surface area contributed by atoms with Gasteiger partial charge in [0, 0.05) is 51.0 Å². The van der Waals surface area contributed by atoms with Crippen molar-refractivity contribution in [2.24, 2.45) is 0 Å². The summed E-state index contributed by atoms with van der Waals surface area (Å²) in [5, 5.41) is 17.8. The van der Waals surface area contributed by atoms with E-state index >= 15 is 4.39 Å². The van der Waals surface area contributed by atoms with Crippen LogP contribution in [0.15, 0.2) is 73.1 Å². The minimum Gasteiger partial charge on any atom is -0.369 e. The lowest BCUT2D eigenvalue weighted by Crippen LogP contribution is -2.52. The Morgan fingerprint density at radius 3 is 2.34 bits per heavy atom. The number of hydrogen-bond acceptors (Lipinski definition) is 9. The van der Waals surface area contributed by atoms with Crippen molar-refractivity contribution in [3.63, 3.8) is 0 Å². The molecule has 0 radical (unpaired) electrons. The molecule has 7 rings (SSSR count). The number of alkyl halides is 3. The fourth-order valence-electron chi connectivity index (χ4n) is 6.89. The van der Waals surface area contributed by atoms with Gasteiger partial charge in [-0.05, 0) is 79.8 Å². The molecule has 5 aromatic rings. The molecule has 4 amide bonds. The van der Waals surface area contributed by atoms with E-state index in [0.717, 1.165) is 61.4 Å². The second-order valence-electron chi connectivity index (χ2n) is 15.2. The number of hydrogen-bond donors (Lipinski definition) is 4. The standard InChI is InChI=1S/C41H42F4N10O4/c1-24-18-27(8-12-33(24)55-23-28(20-47-55)36(57)46-21-34-49-39(52-51-34)40(2,3)41(43,44)45)26-6-4-25(5-7-26)22-53-14-16-54(17-15-53)29-9-10-30(31(42)19-29)37(58)48-32-11-13-35(56)50-38(32)59/h4-10,12,18-20,23,32H,11,13-17,21-22H2,1-3H3,(H,46,57)(H,48,58)(H,49,51,52)(H,50,56,59)/t32-/m0/s1. The van der Waals surface area contributed by atoms with Crippen molar-refractivity contribution < 1.29 is 36.7 Å². The highest BCUT2D eigenvalue weighted by atomic mass is 19.4. The fraction of sp³-hybridized carbons (Fsp3) is 0.341. The Labute approximate surface area is 336 Å². The number of aromatic amines is 1. The lowest BCUT2D eigenvalue weighted by atomic mass is 9.92. The van der Waals surface area contributed by atoms with Gasteiger partial charge < -0.3 is 15.5 Å². The number of aryl methyl sites for hydroxylation is 1. The quantitative estimate of drug-likeness (QED) is 0.109. The van der Waals surface area contributed by atoms with Crippen LogP contribution in [-0.4, -0.2) is 91.9 Å². The first kappa shape index (κ1) is 40.8. The summed E-state index contributed by atoms with van der Waals surface area (Å²) in [5.41, 5.74) is 3.38. The Balaban J connectivity index is 0.891. The van der Waals surface area contributed by atoms with Crippen LogP contribution in [0.4, 0.5) is 23.2 Å². The van der Waals surface area contributed by atoms with Gasteiger partial charge in [-0.25, -0.2) is 14.1 Å². The molecule has 59 heavy (non-hydrogen) atoms. The van der Waals surface area contributed by atoms with Crippen molar-refractivity contribution in [3.05, 3.63) is 113 Å². The zero-order chi connectivity index (χ0) is 42.1. The lowest BCUT2D eigenvalue weighted by molar-refractivity contribution is -0.182. The maximum absolute atomic E-state index is 15.1. The van der Waals surface area contributed by atoms with Crippen LogP contribution in [0.5, 0.6) is 0 Å². The van der Waals surface area contributed by atoms with E-state index in [1.165, 1.54) is 18.3 Å². The van der Waals surface area contributed by atoms with Crippen molar-refractivity contribution in [1.29, 1.82) is 0 Å². The molecule has 0 bridgehead atoms.